The first-order valence-electron chi connectivity index (χ1n) is 11.5. The highest BCUT2D eigenvalue weighted by Crippen LogP contribution is 2.59. The second-order valence-corrected chi connectivity index (χ2v) is 9.49. The first-order valence-corrected chi connectivity index (χ1v) is 11.5. The fourth-order valence-electron chi connectivity index (χ4n) is 6.75. The highest BCUT2D eigenvalue weighted by atomic mass is 16.5. The Bertz CT molecular complexity index is 955. The number of amides is 1. The number of nitrogens with zero attached hydrogens (tertiary/aromatic N) is 1. The van der Waals surface area contributed by atoms with Crippen molar-refractivity contribution in [1.82, 2.24) is 4.90 Å². The highest BCUT2D eigenvalue weighted by molar-refractivity contribution is 5.84. The van der Waals surface area contributed by atoms with Crippen molar-refractivity contribution < 1.29 is 9.53 Å². The molecule has 2 unspecified atom stereocenters. The molecule has 1 amide bonds. The van der Waals surface area contributed by atoms with E-state index in [9.17, 15) is 4.79 Å². The highest BCUT2D eigenvalue weighted by Gasteiger charge is 2.65. The molecule has 1 saturated carbocycles. The molecule has 2 aliphatic heterocycles. The summed E-state index contributed by atoms with van der Waals surface area (Å²) in [5.41, 5.74) is 1.95. The number of ether oxygens (including phenoxy) is 1. The van der Waals surface area contributed by atoms with E-state index in [1.807, 2.05) is 0 Å². The Morgan fingerprint density at radius 3 is 2.43 bits per heavy atom. The average Bonchev–Trinajstić information content (AvgIpc) is 3.09. The van der Waals surface area contributed by atoms with Crippen molar-refractivity contribution >= 4 is 5.91 Å². The number of allylic oxidation sites excluding steroid dienone is 1. The molecule has 0 spiro atoms. The molecule has 2 aromatic rings. The quantitative estimate of drug-likeness (QED) is 0.646. The topological polar surface area (TPSA) is 29.5 Å². The molecule has 2 saturated heterocycles. The molecule has 0 bridgehead atoms. The Balaban J connectivity index is 1.43. The normalized spacial score (nSPS) is 37.4. The van der Waals surface area contributed by atoms with Gasteiger partial charge in [-0.15, -0.1) is 0 Å². The SMILES string of the molecule is O=C1[C@@H]2C[C@@H](c3ccccc3)CCC2C2(c3ccccc3)OC[C@H]3CC=CC[C@@H]3N12. The van der Waals surface area contributed by atoms with Crippen LogP contribution in [0.4, 0.5) is 0 Å². The molecule has 0 radical (unpaired) electrons. The lowest BCUT2D eigenvalue weighted by atomic mass is 9.68. The molecule has 0 aromatic heterocycles. The summed E-state index contributed by atoms with van der Waals surface area (Å²) in [6, 6.07) is 21.6. The molecule has 30 heavy (non-hydrogen) atoms. The average molecular weight is 400 g/mol. The molecule has 2 heterocycles. The summed E-state index contributed by atoms with van der Waals surface area (Å²) in [6.45, 7) is 0.749. The van der Waals surface area contributed by atoms with Crippen molar-refractivity contribution in [1.29, 1.82) is 0 Å². The van der Waals surface area contributed by atoms with Crippen LogP contribution in [0.3, 0.4) is 0 Å². The zero-order chi connectivity index (χ0) is 20.1. The lowest BCUT2D eigenvalue weighted by Crippen LogP contribution is -2.60. The number of rotatable bonds is 2. The van der Waals surface area contributed by atoms with Crippen molar-refractivity contribution in [3.8, 4) is 0 Å². The van der Waals surface area contributed by atoms with Crippen LogP contribution in [0, 0.1) is 17.8 Å². The van der Waals surface area contributed by atoms with E-state index < -0.39 is 5.72 Å². The molecule has 154 valence electrons. The summed E-state index contributed by atoms with van der Waals surface area (Å²) in [5.74, 6) is 1.50. The van der Waals surface area contributed by atoms with Gasteiger partial charge in [-0.1, -0.05) is 72.8 Å². The van der Waals surface area contributed by atoms with Gasteiger partial charge >= 0.3 is 0 Å². The van der Waals surface area contributed by atoms with Gasteiger partial charge in [-0.2, -0.15) is 0 Å². The smallest absolute Gasteiger partial charge is 0.228 e. The van der Waals surface area contributed by atoms with Crippen LogP contribution in [0.25, 0.3) is 0 Å². The Morgan fingerprint density at radius 2 is 1.63 bits per heavy atom. The van der Waals surface area contributed by atoms with Gasteiger partial charge in [-0.25, -0.2) is 0 Å². The summed E-state index contributed by atoms with van der Waals surface area (Å²) >= 11 is 0. The standard InChI is InChI=1S/C27H29NO2/c29-26-23-17-20(19-9-3-1-4-10-19)15-16-24(23)27(22-12-5-2-6-13-22)28(26)25-14-8-7-11-21(25)18-30-27/h1-10,12-13,20-21,23-25H,11,14-18H2/t20-,21+,23+,24?,25-,27?/m0/s1. The third-order valence-corrected chi connectivity index (χ3v) is 8.10. The van der Waals surface area contributed by atoms with Crippen molar-refractivity contribution in [3.05, 3.63) is 83.9 Å². The lowest BCUT2D eigenvalue weighted by molar-refractivity contribution is -0.236. The zero-order valence-corrected chi connectivity index (χ0v) is 17.3. The predicted molar refractivity (Wildman–Crippen MR) is 117 cm³/mol. The summed E-state index contributed by atoms with van der Waals surface area (Å²) in [6.07, 6.45) is 9.60. The minimum atomic E-state index is -0.586. The van der Waals surface area contributed by atoms with Crippen LogP contribution < -0.4 is 0 Å². The van der Waals surface area contributed by atoms with E-state index in [4.69, 9.17) is 4.74 Å². The maximum absolute atomic E-state index is 14.0. The van der Waals surface area contributed by atoms with E-state index in [2.05, 4.69) is 77.7 Å². The van der Waals surface area contributed by atoms with Crippen molar-refractivity contribution in [2.45, 2.75) is 49.8 Å². The molecule has 3 fully saturated rings. The minimum absolute atomic E-state index is 0.0498. The van der Waals surface area contributed by atoms with Gasteiger partial charge in [0.05, 0.1) is 6.61 Å². The van der Waals surface area contributed by atoms with Gasteiger partial charge in [0.2, 0.25) is 5.91 Å². The van der Waals surface area contributed by atoms with Crippen molar-refractivity contribution in [2.75, 3.05) is 6.61 Å². The monoisotopic (exact) mass is 399 g/mol. The third-order valence-electron chi connectivity index (χ3n) is 8.10. The number of carbonyl (C=O) groups excluding carboxylic acids is 1. The Labute approximate surface area is 178 Å². The Hall–Kier alpha value is -2.39. The number of carbonyl (C=O) groups is 1. The largest absolute Gasteiger partial charge is 0.350 e. The van der Waals surface area contributed by atoms with Gasteiger partial charge in [0.15, 0.2) is 5.72 Å². The van der Waals surface area contributed by atoms with E-state index in [0.717, 1.165) is 44.3 Å². The van der Waals surface area contributed by atoms with Gasteiger partial charge < -0.3 is 9.64 Å². The second kappa shape index (κ2) is 7.09. The van der Waals surface area contributed by atoms with Crippen LogP contribution in [0.2, 0.25) is 0 Å². The van der Waals surface area contributed by atoms with E-state index in [1.54, 1.807) is 0 Å². The fourth-order valence-corrected chi connectivity index (χ4v) is 6.75. The van der Waals surface area contributed by atoms with Gasteiger partial charge in [0.25, 0.3) is 0 Å². The summed E-state index contributed by atoms with van der Waals surface area (Å²) in [5, 5.41) is 0. The second-order valence-electron chi connectivity index (χ2n) is 9.49. The summed E-state index contributed by atoms with van der Waals surface area (Å²) < 4.78 is 6.80. The number of benzene rings is 2. The molecule has 4 aliphatic rings. The first-order chi connectivity index (χ1) is 14.8. The predicted octanol–water partition coefficient (Wildman–Crippen LogP) is 5.25. The van der Waals surface area contributed by atoms with Crippen LogP contribution in [0.15, 0.2) is 72.8 Å². The van der Waals surface area contributed by atoms with Crippen LogP contribution in [0.5, 0.6) is 0 Å². The van der Waals surface area contributed by atoms with Gasteiger partial charge in [-0.05, 0) is 43.6 Å². The number of hydrogen-bond donors (Lipinski definition) is 0. The summed E-state index contributed by atoms with van der Waals surface area (Å²) in [4.78, 5) is 16.2. The van der Waals surface area contributed by atoms with E-state index in [0.29, 0.717) is 17.7 Å². The summed E-state index contributed by atoms with van der Waals surface area (Å²) in [7, 11) is 0. The van der Waals surface area contributed by atoms with Crippen LogP contribution >= 0.6 is 0 Å². The fraction of sp³-hybridized carbons (Fsp3) is 0.444. The molecule has 6 rings (SSSR count). The third kappa shape index (κ3) is 2.58. The molecule has 2 aliphatic carbocycles. The van der Waals surface area contributed by atoms with E-state index in [1.165, 1.54) is 5.56 Å². The molecular weight excluding hydrogens is 370 g/mol. The minimum Gasteiger partial charge on any atom is -0.350 e. The maximum atomic E-state index is 14.0. The van der Waals surface area contributed by atoms with Gasteiger partial charge in [0.1, 0.15) is 0 Å². The number of hydrogen-bond acceptors (Lipinski definition) is 2. The molecule has 3 heteroatoms. The molecular formula is C27H29NO2. The number of fused-ring (bicyclic) bond motifs is 5. The molecule has 3 nitrogen and oxygen atoms in total. The zero-order valence-electron chi connectivity index (χ0n) is 17.3. The maximum Gasteiger partial charge on any atom is 0.228 e. The molecule has 2 aromatic carbocycles. The van der Waals surface area contributed by atoms with E-state index in [-0.39, 0.29) is 17.9 Å². The van der Waals surface area contributed by atoms with E-state index >= 15 is 0 Å². The van der Waals surface area contributed by atoms with Crippen LogP contribution in [-0.4, -0.2) is 23.5 Å². The first kappa shape index (κ1) is 18.4. The van der Waals surface area contributed by atoms with Gasteiger partial charge in [0, 0.05) is 29.4 Å². The Kier molecular flexibility index (Phi) is 4.35. The van der Waals surface area contributed by atoms with Crippen LogP contribution in [0.1, 0.15) is 49.1 Å². The van der Waals surface area contributed by atoms with Gasteiger partial charge in [-0.3, -0.25) is 4.79 Å². The van der Waals surface area contributed by atoms with Crippen LogP contribution in [-0.2, 0) is 15.3 Å². The molecule has 0 N–H and O–H groups in total. The lowest BCUT2D eigenvalue weighted by Gasteiger charge is -2.53. The van der Waals surface area contributed by atoms with Crippen molar-refractivity contribution in [2.24, 2.45) is 17.8 Å². The molecule has 6 atom stereocenters. The van der Waals surface area contributed by atoms with Crippen molar-refractivity contribution in [3.63, 3.8) is 0 Å². The Morgan fingerprint density at radius 1 is 0.900 bits per heavy atom.